The molecule has 0 aliphatic rings. The Morgan fingerprint density at radius 3 is 1.00 bits per heavy atom. The average Bonchev–Trinajstić information content (AvgIpc) is 3.41. The second kappa shape index (κ2) is 43.2. The first-order valence-corrected chi connectivity index (χ1v) is 29.0. The summed E-state index contributed by atoms with van der Waals surface area (Å²) in [4.78, 5) is 66.7. The molecule has 0 fully saturated rings. The summed E-state index contributed by atoms with van der Waals surface area (Å²) in [6.45, 7) is 16.5. The molecule has 8 N–H and O–H groups in total. The lowest BCUT2D eigenvalue weighted by molar-refractivity contribution is -0.136. The molecule has 0 atom stereocenters. The Labute approximate surface area is 519 Å². The van der Waals surface area contributed by atoms with Gasteiger partial charge in [0.25, 0.3) is 0 Å². The van der Waals surface area contributed by atoms with Crippen molar-refractivity contribution >= 4 is 112 Å². The number of aliphatic carboxylic acids is 1. The number of amides is 3. The number of hydrogen-bond acceptors (Lipinski definition) is 14. The molecule has 0 spiro atoms. The summed E-state index contributed by atoms with van der Waals surface area (Å²) in [6.07, 6.45) is -0.299. The fourth-order valence-electron chi connectivity index (χ4n) is 5.50. The number of ketones is 1. The zero-order valence-corrected chi connectivity index (χ0v) is 52.9. The molecule has 5 aromatic rings. The number of thiocarbonyl (C=S) groups is 2. The Balaban J connectivity index is 0. The highest BCUT2D eigenvalue weighted by Crippen LogP contribution is 2.11. The van der Waals surface area contributed by atoms with Gasteiger partial charge in [0.15, 0.2) is 5.78 Å². The highest BCUT2D eigenvalue weighted by molar-refractivity contribution is 8.26. The van der Waals surface area contributed by atoms with Crippen molar-refractivity contribution in [1.29, 1.82) is 0 Å². The smallest absolute Gasteiger partial charge is 0.421 e. The molecule has 0 aliphatic carbocycles. The Bertz CT molecular complexity index is 2720. The molecule has 468 valence electrons. The van der Waals surface area contributed by atoms with Gasteiger partial charge in [-0.2, -0.15) is 0 Å². The number of carboxylic acids is 1. The van der Waals surface area contributed by atoms with E-state index in [1.807, 2.05) is 5.43 Å². The molecule has 0 aliphatic heterocycles. The summed E-state index contributed by atoms with van der Waals surface area (Å²) < 4.78 is 86.3. The average molecular weight is 1310 g/mol. The number of hydrazine groups is 1. The highest BCUT2D eigenvalue weighted by atomic mass is 36.0. The van der Waals surface area contributed by atoms with Crippen LogP contribution < -0.4 is 27.6 Å². The highest BCUT2D eigenvalue weighted by Gasteiger charge is 2.18. The van der Waals surface area contributed by atoms with Crippen molar-refractivity contribution in [3.8, 4) is 0 Å². The number of Topliss-reactive ketones (excluding diaryl/α,β-unsaturated/α-hetero) is 1. The van der Waals surface area contributed by atoms with E-state index in [0.29, 0.717) is 35.4 Å². The number of alkyl carbamates (subject to hydrolysis) is 2. The lowest BCUT2D eigenvalue weighted by atomic mass is 10.1. The predicted octanol–water partition coefficient (Wildman–Crippen LogP) is 12.4. The van der Waals surface area contributed by atoms with Gasteiger partial charge < -0.3 is 35.7 Å². The molecule has 0 radical (unpaired) electrons. The summed E-state index contributed by atoms with van der Waals surface area (Å²) in [7, 11) is 7.36. The summed E-state index contributed by atoms with van der Waals surface area (Å²) in [5, 5.41) is 12.9. The number of halogens is 8. The summed E-state index contributed by atoms with van der Waals surface area (Å²) in [6, 6.07) is 29.2. The van der Waals surface area contributed by atoms with Gasteiger partial charge in [0, 0.05) is 63.3 Å². The van der Waals surface area contributed by atoms with E-state index >= 15 is 0 Å². The molecule has 16 nitrogen and oxygen atoms in total. The molecule has 0 heterocycles. The van der Waals surface area contributed by atoms with Gasteiger partial charge in [-0.15, -0.1) is 0 Å². The van der Waals surface area contributed by atoms with Crippen molar-refractivity contribution in [2.45, 2.75) is 111 Å². The van der Waals surface area contributed by atoms with E-state index in [9.17, 15) is 50.7 Å². The van der Waals surface area contributed by atoms with Crippen molar-refractivity contribution in [3.63, 3.8) is 0 Å². The van der Waals surface area contributed by atoms with Crippen LogP contribution in [0.3, 0.4) is 0 Å². The summed E-state index contributed by atoms with van der Waals surface area (Å²) in [5.74, 6) is 2.18. The number of benzene rings is 5. The number of carbonyl (C=O) groups excluding carboxylic acids is 5. The normalized spacial score (nSPS) is 10.3. The fourth-order valence-corrected chi connectivity index (χ4v) is 6.06. The SMILES string of the molecule is CC(C)(C)OC(=O)NCC(=O)Cc1ccc(F)cc1.CC(C)(C)OC(=O)NCC(=S)Cc1ccc(F)cc1.CC(C)(C)OC(=O)NN.NCC(=S)Cc1ccc(F)cc1.O=C(Cl)Cc1ccc(F)cc1.O=C(O)Cc1ccc(F)cc1.O=S(Cl)Cl. The third kappa shape index (κ3) is 51.6. The maximum atomic E-state index is 12.7. The Morgan fingerprint density at radius 2 is 0.741 bits per heavy atom. The maximum Gasteiger partial charge on any atom is 0.421 e. The van der Waals surface area contributed by atoms with Crippen LogP contribution in [0, 0.1) is 29.1 Å². The van der Waals surface area contributed by atoms with Crippen LogP contribution in [0.1, 0.15) is 90.1 Å². The number of nitrogens with one attached hydrogen (secondary N) is 3. The van der Waals surface area contributed by atoms with Gasteiger partial charge in [0.2, 0.25) is 14.5 Å². The van der Waals surface area contributed by atoms with Crippen LogP contribution in [-0.2, 0) is 69.9 Å². The molecule has 5 aromatic carbocycles. The Morgan fingerprint density at radius 1 is 0.482 bits per heavy atom. The van der Waals surface area contributed by atoms with Gasteiger partial charge >= 0.3 is 24.2 Å². The van der Waals surface area contributed by atoms with Gasteiger partial charge in [-0.3, -0.25) is 19.8 Å². The molecule has 0 saturated carbocycles. The van der Waals surface area contributed by atoms with E-state index in [4.69, 9.17) is 71.1 Å². The van der Waals surface area contributed by atoms with E-state index in [1.165, 1.54) is 84.9 Å². The zero-order valence-electron chi connectivity index (χ0n) is 48.1. The van der Waals surface area contributed by atoms with Crippen molar-refractivity contribution in [3.05, 3.63) is 178 Å². The molecular formula is C58H71Cl3F5N5O11S3. The standard InChI is InChI=1S/C14H18FNO3.C14H18FNO2S.C9H10FNS.C8H6ClFO.C8H7FO2.C5H12N2O2.Cl2OS/c1-14(2,3)19-13(18)16-9-12(17)8-10-4-6-11(15)7-5-10;1-14(2,3)18-13(17)16-9-12(19)8-10-4-6-11(15)7-5-10;10-8-3-1-7(2-4-8)5-9(12)6-11;9-8(11)5-6-1-3-7(10)4-2-6;9-7-3-1-6(2-4-7)5-8(10)11;1-5(2,3)9-4(8)7-6;1-4(2)3/h4-7H,8-9H2,1-3H3,(H,16,18);4-7H,8-9H2,1-3H3,(H,16,17);1-4H,5-6,11H2;1-4H,5H2;1-4H,5H2,(H,10,11);6H2,1-3H3,(H,7,8);. The molecular weight excluding hydrogens is 1240 g/mol. The van der Waals surface area contributed by atoms with Crippen molar-refractivity contribution in [2.75, 3.05) is 19.6 Å². The van der Waals surface area contributed by atoms with E-state index < -0.39 is 55.5 Å². The number of carboxylic acid groups (broad SMARTS) is 1. The van der Waals surface area contributed by atoms with Crippen LogP contribution in [0.5, 0.6) is 0 Å². The first-order valence-electron chi connectivity index (χ1n) is 25.0. The second-order valence-electron chi connectivity index (χ2n) is 20.1. The van der Waals surface area contributed by atoms with Gasteiger partial charge in [-0.25, -0.2) is 46.4 Å². The predicted molar refractivity (Wildman–Crippen MR) is 330 cm³/mol. The first-order chi connectivity index (χ1) is 39.3. The summed E-state index contributed by atoms with van der Waals surface area (Å²) >= 11 is 15.2. The molecule has 27 heteroatoms. The van der Waals surface area contributed by atoms with E-state index in [1.54, 1.807) is 98.7 Å². The number of rotatable bonds is 15. The van der Waals surface area contributed by atoms with Crippen molar-refractivity contribution in [1.82, 2.24) is 16.1 Å². The van der Waals surface area contributed by atoms with Gasteiger partial charge in [-0.05, 0) is 162 Å². The first kappa shape index (κ1) is 80.6. The third-order valence-electron chi connectivity index (χ3n) is 8.87. The number of nitrogens with two attached hydrogens (primary N) is 2. The van der Waals surface area contributed by atoms with Crippen LogP contribution >= 0.6 is 57.4 Å². The number of hydrogen-bond donors (Lipinski definition) is 6. The van der Waals surface area contributed by atoms with Gasteiger partial charge in [-0.1, -0.05) is 85.1 Å². The van der Waals surface area contributed by atoms with E-state index in [-0.39, 0.29) is 67.2 Å². The van der Waals surface area contributed by atoms with Crippen molar-refractivity contribution in [2.24, 2.45) is 11.6 Å². The topological polar surface area (TPSA) is 256 Å². The van der Waals surface area contributed by atoms with Crippen molar-refractivity contribution < 1.29 is 74.2 Å². The molecule has 0 saturated heterocycles. The molecule has 0 aromatic heterocycles. The molecule has 3 amide bonds. The lowest BCUT2D eigenvalue weighted by Crippen LogP contribution is -2.36. The van der Waals surface area contributed by atoms with Gasteiger partial charge in [0.05, 0.1) is 19.5 Å². The molecule has 0 unspecified atom stereocenters. The minimum Gasteiger partial charge on any atom is -0.481 e. The number of carbonyl (C=O) groups is 6. The van der Waals surface area contributed by atoms with Crippen LogP contribution in [0.4, 0.5) is 36.3 Å². The van der Waals surface area contributed by atoms with Crippen LogP contribution in [0.15, 0.2) is 121 Å². The molecule has 0 bridgehead atoms. The largest absolute Gasteiger partial charge is 0.481 e. The fraction of sp³-hybridized carbons (Fsp3) is 0.345. The van der Waals surface area contributed by atoms with Crippen LogP contribution in [-0.4, -0.2) is 90.8 Å². The second-order valence-corrected chi connectivity index (χ2v) is 24.2. The quantitative estimate of drug-likeness (QED) is 0.0108. The zero-order chi connectivity index (χ0) is 65.5. The lowest BCUT2D eigenvalue weighted by Gasteiger charge is -2.19. The Kier molecular flexibility index (Phi) is 40.9. The van der Waals surface area contributed by atoms with E-state index in [0.717, 1.165) is 21.6 Å². The minimum atomic E-state index is -1.67. The number of ether oxygens (including phenoxy) is 3. The third-order valence-corrected chi connectivity index (χ3v) is 9.60. The summed E-state index contributed by atoms with van der Waals surface area (Å²) in [5.41, 5.74) is 9.57. The Hall–Kier alpha value is -6.51. The van der Waals surface area contributed by atoms with Crippen LogP contribution in [0.25, 0.3) is 0 Å². The van der Waals surface area contributed by atoms with Gasteiger partial charge in [0.1, 0.15) is 45.9 Å². The molecule has 85 heavy (non-hydrogen) atoms. The molecule has 5 rings (SSSR count). The van der Waals surface area contributed by atoms with Crippen LogP contribution in [0.2, 0.25) is 0 Å². The maximum absolute atomic E-state index is 12.7. The monoisotopic (exact) mass is 1310 g/mol. The van der Waals surface area contributed by atoms with E-state index in [2.05, 4.69) is 32.0 Å². The minimum absolute atomic E-state index is 0.0553.